The number of hydrogen-bond donors (Lipinski definition) is 1. The lowest BCUT2D eigenvalue weighted by molar-refractivity contribution is -0.118. The van der Waals surface area contributed by atoms with Gasteiger partial charge in [0.1, 0.15) is 0 Å². The minimum atomic E-state index is 0.0263. The van der Waals surface area contributed by atoms with Crippen molar-refractivity contribution in [1.82, 2.24) is 10.2 Å². The predicted molar refractivity (Wildman–Crippen MR) is 67.6 cm³/mol. The highest BCUT2D eigenvalue weighted by Gasteiger charge is 2.15. The van der Waals surface area contributed by atoms with Crippen molar-refractivity contribution >= 4 is 33.2 Å². The third-order valence-corrected chi connectivity index (χ3v) is 3.59. The second kappa shape index (κ2) is 6.25. The number of alkyl halides is 1. The molecule has 1 atom stereocenters. The Morgan fingerprint density at radius 2 is 2.40 bits per heavy atom. The van der Waals surface area contributed by atoms with Crippen molar-refractivity contribution in [3.05, 3.63) is 22.4 Å². The minimum absolute atomic E-state index is 0.0263. The van der Waals surface area contributed by atoms with E-state index in [4.69, 9.17) is 0 Å². The number of thiophene rings is 1. The van der Waals surface area contributed by atoms with E-state index in [1.165, 1.54) is 4.88 Å². The minimum Gasteiger partial charge on any atom is -0.353 e. The number of likely N-dealkylation sites (N-methyl/N-ethyl adjacent to an activating group) is 1. The van der Waals surface area contributed by atoms with Crippen LogP contribution in [0.4, 0.5) is 0 Å². The van der Waals surface area contributed by atoms with E-state index in [9.17, 15) is 4.79 Å². The van der Waals surface area contributed by atoms with E-state index in [0.29, 0.717) is 11.9 Å². The monoisotopic (exact) mass is 290 g/mol. The fourth-order valence-corrected chi connectivity index (χ4v) is 2.40. The number of rotatable bonds is 5. The zero-order chi connectivity index (χ0) is 11.3. The van der Waals surface area contributed by atoms with Crippen LogP contribution in [0.5, 0.6) is 0 Å². The normalized spacial score (nSPS) is 12.8. The first kappa shape index (κ1) is 12.7. The van der Waals surface area contributed by atoms with Crippen molar-refractivity contribution in [1.29, 1.82) is 0 Å². The molecule has 1 aromatic rings. The molecule has 0 aromatic carbocycles. The predicted octanol–water partition coefficient (Wildman–Crippen LogP) is 1.86. The molecule has 1 aromatic heterocycles. The van der Waals surface area contributed by atoms with Crippen LogP contribution in [0.15, 0.2) is 17.5 Å². The van der Waals surface area contributed by atoms with Crippen LogP contribution in [-0.4, -0.2) is 36.8 Å². The molecular weight excluding hydrogens is 276 g/mol. The number of carbonyl (C=O) groups excluding carboxylic acids is 1. The van der Waals surface area contributed by atoms with Crippen molar-refractivity contribution < 1.29 is 4.79 Å². The van der Waals surface area contributed by atoms with Crippen molar-refractivity contribution in [3.63, 3.8) is 0 Å². The Morgan fingerprint density at radius 3 is 2.87 bits per heavy atom. The van der Waals surface area contributed by atoms with Gasteiger partial charge in [-0.3, -0.25) is 4.79 Å². The average Bonchev–Trinajstić information content (AvgIpc) is 2.70. The van der Waals surface area contributed by atoms with Crippen LogP contribution in [0.1, 0.15) is 10.9 Å². The smallest absolute Gasteiger partial charge is 0.230 e. The molecule has 0 saturated carbocycles. The Balaban J connectivity index is 2.56. The summed E-state index contributed by atoms with van der Waals surface area (Å²) in [5.41, 5.74) is 0. The number of halogens is 1. The van der Waals surface area contributed by atoms with Crippen molar-refractivity contribution in [2.45, 2.75) is 6.04 Å². The Labute approximate surface area is 103 Å². The first-order valence-electron chi connectivity index (χ1n) is 4.67. The summed E-state index contributed by atoms with van der Waals surface area (Å²) < 4.78 is 0. The first-order chi connectivity index (χ1) is 7.15. The second-order valence-corrected chi connectivity index (χ2v) is 4.97. The van der Waals surface area contributed by atoms with Gasteiger partial charge in [-0.1, -0.05) is 22.0 Å². The molecule has 0 aliphatic heterocycles. The van der Waals surface area contributed by atoms with Gasteiger partial charge in [-0.2, -0.15) is 0 Å². The van der Waals surface area contributed by atoms with Crippen molar-refractivity contribution in [2.75, 3.05) is 26.0 Å². The van der Waals surface area contributed by atoms with E-state index in [2.05, 4.69) is 37.6 Å². The van der Waals surface area contributed by atoms with E-state index in [-0.39, 0.29) is 11.9 Å². The molecule has 0 bridgehead atoms. The number of carbonyl (C=O) groups is 1. The van der Waals surface area contributed by atoms with Gasteiger partial charge in [0, 0.05) is 11.4 Å². The van der Waals surface area contributed by atoms with Gasteiger partial charge in [0.05, 0.1) is 11.4 Å². The lowest BCUT2D eigenvalue weighted by Gasteiger charge is -2.23. The zero-order valence-electron chi connectivity index (χ0n) is 8.87. The van der Waals surface area contributed by atoms with E-state index in [0.717, 1.165) is 0 Å². The van der Waals surface area contributed by atoms with Crippen LogP contribution < -0.4 is 5.32 Å². The van der Waals surface area contributed by atoms with Gasteiger partial charge in [-0.05, 0) is 25.5 Å². The van der Waals surface area contributed by atoms with E-state index in [1.807, 2.05) is 20.2 Å². The van der Waals surface area contributed by atoms with Gasteiger partial charge in [-0.15, -0.1) is 11.3 Å². The maximum absolute atomic E-state index is 11.1. The molecule has 0 spiro atoms. The summed E-state index contributed by atoms with van der Waals surface area (Å²) in [4.78, 5) is 14.5. The van der Waals surface area contributed by atoms with Crippen LogP contribution in [0.25, 0.3) is 0 Å². The molecule has 3 nitrogen and oxygen atoms in total. The molecule has 1 rings (SSSR count). The third-order valence-electron chi connectivity index (χ3n) is 2.11. The molecule has 0 fully saturated rings. The van der Waals surface area contributed by atoms with Crippen LogP contribution in [0, 0.1) is 0 Å². The number of nitrogens with zero attached hydrogens (tertiary/aromatic N) is 1. The largest absolute Gasteiger partial charge is 0.353 e. The van der Waals surface area contributed by atoms with Gasteiger partial charge in [0.25, 0.3) is 0 Å². The Hall–Kier alpha value is -0.390. The standard InChI is InChI=1S/C10H15BrN2OS/c1-13(2)8(7-12-10(14)6-11)9-4-3-5-15-9/h3-5,8H,6-7H2,1-2H3,(H,12,14). The molecule has 0 aliphatic rings. The fraction of sp³-hybridized carbons (Fsp3) is 0.500. The molecule has 5 heteroatoms. The molecule has 1 amide bonds. The Bertz CT molecular complexity index is 300. The summed E-state index contributed by atoms with van der Waals surface area (Å²) in [6.07, 6.45) is 0. The number of nitrogens with one attached hydrogen (secondary N) is 1. The topological polar surface area (TPSA) is 32.3 Å². The molecule has 0 radical (unpaired) electrons. The highest BCUT2D eigenvalue weighted by atomic mass is 79.9. The van der Waals surface area contributed by atoms with Crippen LogP contribution in [0.3, 0.4) is 0 Å². The summed E-state index contributed by atoms with van der Waals surface area (Å²) in [6, 6.07) is 4.38. The molecule has 0 saturated heterocycles. The maximum Gasteiger partial charge on any atom is 0.230 e. The lowest BCUT2D eigenvalue weighted by Crippen LogP contribution is -2.34. The maximum atomic E-state index is 11.1. The third kappa shape index (κ3) is 3.93. The van der Waals surface area contributed by atoms with E-state index >= 15 is 0 Å². The molecule has 0 aliphatic carbocycles. The molecule has 1 unspecified atom stereocenters. The molecule has 84 valence electrons. The lowest BCUT2D eigenvalue weighted by atomic mass is 10.2. The molecule has 15 heavy (non-hydrogen) atoms. The summed E-state index contributed by atoms with van der Waals surface area (Å²) in [5, 5.41) is 5.29. The average molecular weight is 291 g/mol. The second-order valence-electron chi connectivity index (χ2n) is 3.43. The molecule has 1 heterocycles. The first-order valence-corrected chi connectivity index (χ1v) is 6.67. The highest BCUT2D eigenvalue weighted by molar-refractivity contribution is 9.09. The van der Waals surface area contributed by atoms with E-state index < -0.39 is 0 Å². The summed E-state index contributed by atoms with van der Waals surface area (Å²) >= 11 is 4.84. The fourth-order valence-electron chi connectivity index (χ4n) is 1.28. The van der Waals surface area contributed by atoms with Gasteiger partial charge in [0.15, 0.2) is 0 Å². The molecular formula is C10H15BrN2OS. The van der Waals surface area contributed by atoms with Gasteiger partial charge < -0.3 is 10.2 Å². The Morgan fingerprint density at radius 1 is 1.67 bits per heavy atom. The van der Waals surface area contributed by atoms with Crippen LogP contribution in [0.2, 0.25) is 0 Å². The Kier molecular flexibility index (Phi) is 5.28. The SMILES string of the molecule is CN(C)C(CNC(=O)CBr)c1cccs1. The van der Waals surface area contributed by atoms with Crippen molar-refractivity contribution in [2.24, 2.45) is 0 Å². The van der Waals surface area contributed by atoms with Crippen molar-refractivity contribution in [3.8, 4) is 0 Å². The summed E-state index contributed by atoms with van der Waals surface area (Å²) in [6.45, 7) is 0.651. The zero-order valence-corrected chi connectivity index (χ0v) is 11.3. The van der Waals surface area contributed by atoms with Gasteiger partial charge in [-0.25, -0.2) is 0 Å². The number of amides is 1. The van der Waals surface area contributed by atoms with Gasteiger partial charge >= 0.3 is 0 Å². The van der Waals surface area contributed by atoms with Gasteiger partial charge in [0.2, 0.25) is 5.91 Å². The van der Waals surface area contributed by atoms with Crippen LogP contribution in [-0.2, 0) is 4.79 Å². The highest BCUT2D eigenvalue weighted by Crippen LogP contribution is 2.22. The summed E-state index contributed by atoms with van der Waals surface area (Å²) in [5.74, 6) is 0.0263. The van der Waals surface area contributed by atoms with E-state index in [1.54, 1.807) is 11.3 Å². The van der Waals surface area contributed by atoms with Crippen LogP contribution >= 0.6 is 27.3 Å². The number of hydrogen-bond acceptors (Lipinski definition) is 3. The quantitative estimate of drug-likeness (QED) is 0.840. The summed E-state index contributed by atoms with van der Waals surface area (Å²) in [7, 11) is 4.04. The molecule has 1 N–H and O–H groups in total.